The molecule has 0 fully saturated rings. The van der Waals surface area contributed by atoms with Crippen LogP contribution in [0.4, 0.5) is 0 Å². The van der Waals surface area contributed by atoms with E-state index in [2.05, 4.69) is 5.10 Å². The van der Waals surface area contributed by atoms with Crippen molar-refractivity contribution in [3.63, 3.8) is 0 Å². The number of aromatic nitrogens is 2. The average Bonchev–Trinajstić information content (AvgIpc) is 2.96. The van der Waals surface area contributed by atoms with Crippen LogP contribution in [0.25, 0.3) is 33.2 Å². The number of rotatable bonds is 2. The molecule has 0 bridgehead atoms. The predicted molar refractivity (Wildman–Crippen MR) is 102 cm³/mol. The SMILES string of the molecule is Cc1cc(C(C)O)c2oc(-c3ccc4nn(C)cc4c3)c(C)c(=O)c2c1. The normalized spacial score (nSPS) is 12.8. The van der Waals surface area contributed by atoms with Gasteiger partial charge in [0.15, 0.2) is 5.43 Å². The number of nitrogens with zero attached hydrogens (tertiary/aromatic N) is 2. The molecule has 0 aliphatic carbocycles. The van der Waals surface area contributed by atoms with Crippen LogP contribution in [0.2, 0.25) is 0 Å². The standard InChI is InChI=1S/C21H20N2O3/c1-11-7-16(13(3)24)21-17(8-11)19(25)12(2)20(26-21)14-5-6-18-15(9-14)10-23(4)22-18/h5-10,13,24H,1-4H3. The van der Waals surface area contributed by atoms with Crippen molar-refractivity contribution in [2.45, 2.75) is 26.9 Å². The van der Waals surface area contributed by atoms with Crippen LogP contribution in [0.15, 0.2) is 45.7 Å². The lowest BCUT2D eigenvalue weighted by atomic mass is 10.00. The van der Waals surface area contributed by atoms with Gasteiger partial charge in [-0.3, -0.25) is 9.48 Å². The van der Waals surface area contributed by atoms with Crippen molar-refractivity contribution < 1.29 is 9.52 Å². The third-order valence-electron chi connectivity index (χ3n) is 4.72. The Labute approximate surface area is 150 Å². The molecule has 0 amide bonds. The minimum Gasteiger partial charge on any atom is -0.455 e. The molecule has 2 aromatic carbocycles. The van der Waals surface area contributed by atoms with Crippen molar-refractivity contribution in [3.05, 3.63) is 63.4 Å². The second kappa shape index (κ2) is 5.81. The molecule has 4 rings (SSSR count). The lowest BCUT2D eigenvalue weighted by Crippen LogP contribution is -2.09. The number of aryl methyl sites for hydroxylation is 2. The van der Waals surface area contributed by atoms with Crippen LogP contribution in [-0.2, 0) is 7.05 Å². The summed E-state index contributed by atoms with van der Waals surface area (Å²) >= 11 is 0. The summed E-state index contributed by atoms with van der Waals surface area (Å²) in [6.07, 6.45) is 1.20. The Morgan fingerprint density at radius 2 is 1.96 bits per heavy atom. The molecule has 2 heterocycles. The van der Waals surface area contributed by atoms with Gasteiger partial charge in [0, 0.05) is 35.3 Å². The van der Waals surface area contributed by atoms with Gasteiger partial charge in [0.1, 0.15) is 11.3 Å². The van der Waals surface area contributed by atoms with Gasteiger partial charge in [-0.2, -0.15) is 5.10 Å². The Kier molecular flexibility index (Phi) is 3.70. The molecule has 0 aliphatic heterocycles. The summed E-state index contributed by atoms with van der Waals surface area (Å²) in [4.78, 5) is 13.0. The van der Waals surface area contributed by atoms with E-state index < -0.39 is 6.10 Å². The molecule has 0 saturated carbocycles. The molecule has 0 radical (unpaired) electrons. The second-order valence-electron chi connectivity index (χ2n) is 6.87. The molecule has 26 heavy (non-hydrogen) atoms. The summed E-state index contributed by atoms with van der Waals surface area (Å²) in [6.45, 7) is 5.36. The summed E-state index contributed by atoms with van der Waals surface area (Å²) in [6, 6.07) is 9.46. The van der Waals surface area contributed by atoms with E-state index >= 15 is 0 Å². The number of aliphatic hydroxyl groups excluding tert-OH is 1. The van der Waals surface area contributed by atoms with E-state index in [0.29, 0.717) is 27.9 Å². The smallest absolute Gasteiger partial charge is 0.196 e. The maximum absolute atomic E-state index is 13.0. The van der Waals surface area contributed by atoms with Gasteiger partial charge in [0.25, 0.3) is 0 Å². The molecule has 1 N–H and O–H groups in total. The Balaban J connectivity index is 2.05. The maximum atomic E-state index is 13.0. The Morgan fingerprint density at radius 1 is 1.19 bits per heavy atom. The third-order valence-corrected chi connectivity index (χ3v) is 4.72. The molecule has 0 aliphatic rings. The first kappa shape index (κ1) is 16.5. The molecule has 132 valence electrons. The lowest BCUT2D eigenvalue weighted by molar-refractivity contribution is 0.199. The van der Waals surface area contributed by atoms with E-state index in [4.69, 9.17) is 4.42 Å². The van der Waals surface area contributed by atoms with Crippen molar-refractivity contribution in [3.8, 4) is 11.3 Å². The molecule has 1 atom stereocenters. The van der Waals surface area contributed by atoms with Crippen molar-refractivity contribution in [1.82, 2.24) is 9.78 Å². The zero-order valence-electron chi connectivity index (χ0n) is 15.2. The summed E-state index contributed by atoms with van der Waals surface area (Å²) in [7, 11) is 1.87. The molecular weight excluding hydrogens is 328 g/mol. The minimum atomic E-state index is -0.725. The van der Waals surface area contributed by atoms with Gasteiger partial charge in [0.05, 0.1) is 17.0 Å². The second-order valence-corrected chi connectivity index (χ2v) is 6.87. The monoisotopic (exact) mass is 348 g/mol. The highest BCUT2D eigenvalue weighted by Crippen LogP contribution is 2.31. The van der Waals surface area contributed by atoms with Crippen LogP contribution >= 0.6 is 0 Å². The fourth-order valence-corrected chi connectivity index (χ4v) is 3.44. The van der Waals surface area contributed by atoms with Crippen LogP contribution < -0.4 is 5.43 Å². The van der Waals surface area contributed by atoms with Crippen molar-refractivity contribution in [2.24, 2.45) is 7.05 Å². The molecule has 2 aromatic heterocycles. The number of hydrogen-bond acceptors (Lipinski definition) is 4. The van der Waals surface area contributed by atoms with E-state index in [9.17, 15) is 9.90 Å². The van der Waals surface area contributed by atoms with Gasteiger partial charge in [0.2, 0.25) is 0 Å². The van der Waals surface area contributed by atoms with Crippen molar-refractivity contribution in [2.75, 3.05) is 0 Å². The largest absolute Gasteiger partial charge is 0.455 e. The van der Waals surface area contributed by atoms with Crippen LogP contribution in [-0.4, -0.2) is 14.9 Å². The summed E-state index contributed by atoms with van der Waals surface area (Å²) in [5, 5.41) is 16.0. The predicted octanol–water partition coefficient (Wildman–Crippen LogP) is 4.02. The highest BCUT2D eigenvalue weighted by molar-refractivity contribution is 5.87. The third kappa shape index (κ3) is 2.52. The van der Waals surface area contributed by atoms with E-state index in [-0.39, 0.29) is 5.43 Å². The molecule has 0 saturated heterocycles. The van der Waals surface area contributed by atoms with E-state index in [0.717, 1.165) is 22.0 Å². The zero-order chi connectivity index (χ0) is 18.6. The molecule has 5 nitrogen and oxygen atoms in total. The van der Waals surface area contributed by atoms with Gasteiger partial charge in [-0.1, -0.05) is 0 Å². The van der Waals surface area contributed by atoms with Gasteiger partial charge in [-0.15, -0.1) is 0 Å². The Hall–Kier alpha value is -2.92. The summed E-state index contributed by atoms with van der Waals surface area (Å²) in [5.74, 6) is 0.527. The number of aliphatic hydroxyl groups is 1. The fraction of sp³-hybridized carbons (Fsp3) is 0.238. The first-order chi connectivity index (χ1) is 12.3. The topological polar surface area (TPSA) is 68.3 Å². The van der Waals surface area contributed by atoms with Crippen LogP contribution in [0, 0.1) is 13.8 Å². The number of fused-ring (bicyclic) bond motifs is 2. The van der Waals surface area contributed by atoms with E-state index in [1.54, 1.807) is 18.5 Å². The summed E-state index contributed by atoms with van der Waals surface area (Å²) in [5.41, 5.74) is 4.19. The summed E-state index contributed by atoms with van der Waals surface area (Å²) < 4.78 is 7.93. The molecule has 5 heteroatoms. The highest BCUT2D eigenvalue weighted by Gasteiger charge is 2.18. The molecule has 4 aromatic rings. The molecule has 1 unspecified atom stereocenters. The van der Waals surface area contributed by atoms with Gasteiger partial charge >= 0.3 is 0 Å². The maximum Gasteiger partial charge on any atom is 0.196 e. The molecule has 0 spiro atoms. The Bertz CT molecular complexity index is 1220. The van der Waals surface area contributed by atoms with E-state index in [1.807, 2.05) is 50.5 Å². The van der Waals surface area contributed by atoms with Crippen LogP contribution in [0.1, 0.15) is 29.7 Å². The number of benzene rings is 2. The van der Waals surface area contributed by atoms with E-state index in [1.165, 1.54) is 0 Å². The minimum absolute atomic E-state index is 0.0712. The van der Waals surface area contributed by atoms with Crippen molar-refractivity contribution in [1.29, 1.82) is 0 Å². The van der Waals surface area contributed by atoms with Gasteiger partial charge < -0.3 is 9.52 Å². The first-order valence-electron chi connectivity index (χ1n) is 8.55. The van der Waals surface area contributed by atoms with Crippen molar-refractivity contribution >= 4 is 21.9 Å². The highest BCUT2D eigenvalue weighted by atomic mass is 16.3. The lowest BCUT2D eigenvalue weighted by Gasteiger charge is -2.13. The van der Waals surface area contributed by atoms with Gasteiger partial charge in [-0.25, -0.2) is 0 Å². The molecular formula is C21H20N2O3. The Morgan fingerprint density at radius 3 is 2.69 bits per heavy atom. The number of hydrogen-bond donors (Lipinski definition) is 1. The first-order valence-corrected chi connectivity index (χ1v) is 8.55. The van der Waals surface area contributed by atoms with Crippen LogP contribution in [0.3, 0.4) is 0 Å². The fourth-order valence-electron chi connectivity index (χ4n) is 3.44. The van der Waals surface area contributed by atoms with Crippen LogP contribution in [0.5, 0.6) is 0 Å². The zero-order valence-corrected chi connectivity index (χ0v) is 15.2. The average molecular weight is 348 g/mol. The quantitative estimate of drug-likeness (QED) is 0.594. The van der Waals surface area contributed by atoms with Gasteiger partial charge in [-0.05, 0) is 56.7 Å².